The highest BCUT2D eigenvalue weighted by Crippen LogP contribution is 2.22. The van der Waals surface area contributed by atoms with Gasteiger partial charge in [-0.1, -0.05) is 41.9 Å². The average molecular weight is 302 g/mol. The third-order valence-electron chi connectivity index (χ3n) is 2.88. The molecule has 0 fully saturated rings. The van der Waals surface area contributed by atoms with E-state index >= 15 is 0 Å². The molecule has 0 atom stereocenters. The number of nitrogens with one attached hydrogen (secondary N) is 1. The van der Waals surface area contributed by atoms with Crippen molar-refractivity contribution in [2.75, 3.05) is 5.32 Å². The summed E-state index contributed by atoms with van der Waals surface area (Å²) < 4.78 is 13.0. The smallest absolute Gasteiger partial charge is 0.275 e. The summed E-state index contributed by atoms with van der Waals surface area (Å²) in [6.07, 6.45) is 0. The highest BCUT2D eigenvalue weighted by atomic mass is 35.5. The van der Waals surface area contributed by atoms with Crippen molar-refractivity contribution in [2.45, 2.75) is 0 Å². The summed E-state index contributed by atoms with van der Waals surface area (Å²) in [4.78, 5) is 19.7. The van der Waals surface area contributed by atoms with Gasteiger partial charge in [-0.25, -0.2) is 9.97 Å². The van der Waals surface area contributed by atoms with E-state index in [-0.39, 0.29) is 16.7 Å². The Morgan fingerprint density at radius 3 is 2.71 bits per heavy atom. The normalized spacial score (nSPS) is 10.6. The Hall–Kier alpha value is -2.53. The molecule has 3 aromatic rings. The van der Waals surface area contributed by atoms with Crippen LogP contribution in [0.1, 0.15) is 10.5 Å². The number of amides is 1. The van der Waals surface area contributed by atoms with Gasteiger partial charge in [0.05, 0.1) is 0 Å². The lowest BCUT2D eigenvalue weighted by atomic mass is 10.1. The number of carbonyl (C=O) groups excluding carboxylic acids is 1. The molecule has 0 saturated heterocycles. The van der Waals surface area contributed by atoms with E-state index in [9.17, 15) is 9.18 Å². The van der Waals surface area contributed by atoms with Gasteiger partial charge in [0.1, 0.15) is 16.7 Å². The molecule has 0 saturated carbocycles. The van der Waals surface area contributed by atoms with Crippen LogP contribution in [-0.2, 0) is 0 Å². The van der Waals surface area contributed by atoms with E-state index in [2.05, 4.69) is 15.3 Å². The summed E-state index contributed by atoms with van der Waals surface area (Å²) in [5.74, 6) is -1.05. The zero-order valence-electron chi connectivity index (χ0n) is 10.7. The standard InChI is InChI=1S/C15H9ClFN3O/c16-14-10-5-2-1-4-9(10)8-11(18-14)15(21)20-13-7-3-6-12(17)19-13/h1-8H,(H,19,20,21). The number of carbonyl (C=O) groups is 1. The average Bonchev–Trinajstić information content (AvgIpc) is 2.47. The maximum Gasteiger partial charge on any atom is 0.275 e. The number of pyridine rings is 2. The van der Waals surface area contributed by atoms with Crippen molar-refractivity contribution < 1.29 is 9.18 Å². The highest BCUT2D eigenvalue weighted by Gasteiger charge is 2.12. The highest BCUT2D eigenvalue weighted by molar-refractivity contribution is 6.34. The van der Waals surface area contributed by atoms with E-state index in [0.717, 1.165) is 10.8 Å². The van der Waals surface area contributed by atoms with Crippen LogP contribution in [0.2, 0.25) is 5.15 Å². The molecule has 2 aromatic heterocycles. The van der Waals surface area contributed by atoms with Crippen LogP contribution >= 0.6 is 11.6 Å². The maximum atomic E-state index is 13.0. The van der Waals surface area contributed by atoms with Crippen LogP contribution in [0.25, 0.3) is 10.8 Å². The molecule has 1 amide bonds. The number of anilines is 1. The van der Waals surface area contributed by atoms with Gasteiger partial charge in [0.2, 0.25) is 5.95 Å². The first-order chi connectivity index (χ1) is 10.1. The van der Waals surface area contributed by atoms with Crippen LogP contribution in [0.4, 0.5) is 10.2 Å². The molecule has 21 heavy (non-hydrogen) atoms. The number of hydrogen-bond donors (Lipinski definition) is 1. The summed E-state index contributed by atoms with van der Waals surface area (Å²) in [5, 5.41) is 4.29. The first kappa shape index (κ1) is 13.5. The summed E-state index contributed by atoms with van der Waals surface area (Å²) in [6.45, 7) is 0. The summed E-state index contributed by atoms with van der Waals surface area (Å²) >= 11 is 6.07. The van der Waals surface area contributed by atoms with Crippen LogP contribution in [0.5, 0.6) is 0 Å². The predicted octanol–water partition coefficient (Wildman–Crippen LogP) is 3.67. The Bertz CT molecular complexity index is 838. The molecule has 1 N–H and O–H groups in total. The fourth-order valence-electron chi connectivity index (χ4n) is 1.93. The summed E-state index contributed by atoms with van der Waals surface area (Å²) in [6, 6.07) is 13.1. The second kappa shape index (κ2) is 5.46. The van der Waals surface area contributed by atoms with Crippen molar-refractivity contribution >= 4 is 34.1 Å². The van der Waals surface area contributed by atoms with Crippen LogP contribution in [0.3, 0.4) is 0 Å². The predicted molar refractivity (Wildman–Crippen MR) is 78.9 cm³/mol. The van der Waals surface area contributed by atoms with Gasteiger partial charge in [0, 0.05) is 5.39 Å². The number of rotatable bonds is 2. The minimum Gasteiger partial charge on any atom is -0.305 e. The fourth-order valence-corrected chi connectivity index (χ4v) is 2.19. The van der Waals surface area contributed by atoms with Crippen molar-refractivity contribution in [1.82, 2.24) is 9.97 Å². The Labute approximate surface area is 124 Å². The van der Waals surface area contributed by atoms with Crippen molar-refractivity contribution in [1.29, 1.82) is 0 Å². The van der Waals surface area contributed by atoms with Crippen LogP contribution in [-0.4, -0.2) is 15.9 Å². The number of halogens is 2. The van der Waals surface area contributed by atoms with E-state index in [1.54, 1.807) is 6.07 Å². The largest absolute Gasteiger partial charge is 0.305 e. The second-order valence-corrected chi connectivity index (χ2v) is 4.68. The van der Waals surface area contributed by atoms with E-state index < -0.39 is 11.9 Å². The molecule has 0 unspecified atom stereocenters. The number of fused-ring (bicyclic) bond motifs is 1. The van der Waals surface area contributed by atoms with Gasteiger partial charge >= 0.3 is 0 Å². The Morgan fingerprint density at radius 1 is 1.10 bits per heavy atom. The minimum absolute atomic E-state index is 0.117. The molecule has 2 heterocycles. The first-order valence-electron chi connectivity index (χ1n) is 6.13. The molecule has 4 nitrogen and oxygen atoms in total. The molecule has 6 heteroatoms. The van der Waals surface area contributed by atoms with E-state index in [0.29, 0.717) is 0 Å². The summed E-state index contributed by atoms with van der Waals surface area (Å²) in [7, 11) is 0. The van der Waals surface area contributed by atoms with E-state index in [4.69, 9.17) is 11.6 Å². The van der Waals surface area contributed by atoms with Gasteiger partial charge in [0.15, 0.2) is 0 Å². The van der Waals surface area contributed by atoms with Crippen molar-refractivity contribution in [2.24, 2.45) is 0 Å². The van der Waals surface area contributed by atoms with Gasteiger partial charge < -0.3 is 5.32 Å². The molecule has 1 aromatic carbocycles. The molecule has 0 radical (unpaired) electrons. The minimum atomic E-state index is -0.669. The van der Waals surface area contributed by atoms with Gasteiger partial charge in [-0.15, -0.1) is 0 Å². The molecular formula is C15H9ClFN3O. The van der Waals surface area contributed by atoms with Gasteiger partial charge in [0.25, 0.3) is 5.91 Å². The summed E-state index contributed by atoms with van der Waals surface area (Å²) in [5.41, 5.74) is 0.143. The Kier molecular flexibility index (Phi) is 3.50. The molecule has 0 bridgehead atoms. The van der Waals surface area contributed by atoms with Crippen molar-refractivity contribution in [3.05, 3.63) is 65.3 Å². The van der Waals surface area contributed by atoms with Crippen LogP contribution in [0.15, 0.2) is 48.5 Å². The Balaban J connectivity index is 1.94. The Morgan fingerprint density at radius 2 is 1.90 bits per heavy atom. The van der Waals surface area contributed by atoms with Crippen LogP contribution < -0.4 is 5.32 Å². The molecular weight excluding hydrogens is 293 g/mol. The van der Waals surface area contributed by atoms with Gasteiger partial charge in [-0.3, -0.25) is 4.79 Å². The van der Waals surface area contributed by atoms with E-state index in [1.807, 2.05) is 24.3 Å². The lowest BCUT2D eigenvalue weighted by molar-refractivity contribution is 0.102. The monoisotopic (exact) mass is 301 g/mol. The number of benzene rings is 1. The first-order valence-corrected chi connectivity index (χ1v) is 6.50. The van der Waals surface area contributed by atoms with Crippen molar-refractivity contribution in [3.63, 3.8) is 0 Å². The molecule has 0 spiro atoms. The fraction of sp³-hybridized carbons (Fsp3) is 0. The molecule has 3 rings (SSSR count). The lowest BCUT2D eigenvalue weighted by Crippen LogP contribution is -2.15. The SMILES string of the molecule is O=C(Nc1cccc(F)n1)c1cc2ccccc2c(Cl)n1. The second-order valence-electron chi connectivity index (χ2n) is 4.32. The topological polar surface area (TPSA) is 54.9 Å². The molecule has 0 aliphatic heterocycles. The van der Waals surface area contributed by atoms with Gasteiger partial charge in [-0.05, 0) is 23.6 Å². The van der Waals surface area contributed by atoms with Crippen LogP contribution in [0, 0.1) is 5.95 Å². The number of hydrogen-bond acceptors (Lipinski definition) is 3. The number of aromatic nitrogens is 2. The third-order valence-corrected chi connectivity index (χ3v) is 3.17. The molecule has 104 valence electrons. The maximum absolute atomic E-state index is 13.0. The lowest BCUT2D eigenvalue weighted by Gasteiger charge is -2.06. The zero-order chi connectivity index (χ0) is 14.8. The number of nitrogens with zero attached hydrogens (tertiary/aromatic N) is 2. The van der Waals surface area contributed by atoms with Crippen molar-refractivity contribution in [3.8, 4) is 0 Å². The third kappa shape index (κ3) is 2.83. The van der Waals surface area contributed by atoms with Gasteiger partial charge in [-0.2, -0.15) is 4.39 Å². The van der Waals surface area contributed by atoms with E-state index in [1.165, 1.54) is 18.2 Å². The molecule has 0 aliphatic carbocycles. The zero-order valence-corrected chi connectivity index (χ0v) is 11.4. The molecule has 0 aliphatic rings. The quantitative estimate of drug-likeness (QED) is 0.735.